The number of anilines is 1. The largest absolute Gasteiger partial charge is 0.310 e. The van der Waals surface area contributed by atoms with Crippen LogP contribution in [-0.4, -0.2) is 25.0 Å². The second-order valence-corrected chi connectivity index (χ2v) is 8.71. The van der Waals surface area contributed by atoms with Gasteiger partial charge in [0.1, 0.15) is 16.3 Å². The Hall–Kier alpha value is -3.13. The lowest BCUT2D eigenvalue weighted by atomic mass is 10.2. The van der Waals surface area contributed by atoms with E-state index in [-0.39, 0.29) is 0 Å². The summed E-state index contributed by atoms with van der Waals surface area (Å²) < 4.78 is 4.12. The molecule has 3 aromatic heterocycles. The van der Waals surface area contributed by atoms with E-state index < -0.39 is 0 Å². The van der Waals surface area contributed by atoms with E-state index in [1.807, 2.05) is 29.5 Å². The van der Waals surface area contributed by atoms with Crippen molar-refractivity contribution in [2.24, 2.45) is 0 Å². The zero-order chi connectivity index (χ0) is 19.2. The van der Waals surface area contributed by atoms with Crippen molar-refractivity contribution in [2.45, 2.75) is 37.6 Å². The van der Waals surface area contributed by atoms with Gasteiger partial charge in [-0.1, -0.05) is 28.1 Å². The molecular weight excluding hydrogens is 382 g/mol. The van der Waals surface area contributed by atoms with Crippen LogP contribution in [0.25, 0.3) is 22.0 Å². The van der Waals surface area contributed by atoms with Crippen molar-refractivity contribution < 1.29 is 4.68 Å². The number of nitrogens with one attached hydrogen (secondary N) is 1. The standard InChI is InChI=1S/C21H20N7S/c1-2-16(19-23-22-13-28(19)18-6-7-18)12-17(3-1)26-27-10-8-15(9-11-27)21-25-24-20(29-21)14-4-5-14/h1-3,8-14,18,26H,4-7H2/q+1. The van der Waals surface area contributed by atoms with E-state index in [0.717, 1.165) is 27.6 Å². The van der Waals surface area contributed by atoms with E-state index in [0.29, 0.717) is 12.0 Å². The Balaban J connectivity index is 1.21. The Kier molecular flexibility index (Phi) is 3.90. The van der Waals surface area contributed by atoms with Crippen LogP contribution in [0.5, 0.6) is 0 Å². The fraction of sp³-hybridized carbons (Fsp3) is 0.286. The van der Waals surface area contributed by atoms with Gasteiger partial charge in [-0.05, 0) is 37.8 Å². The van der Waals surface area contributed by atoms with Crippen molar-refractivity contribution in [3.05, 3.63) is 60.1 Å². The Bertz CT molecular complexity index is 1160. The number of benzene rings is 1. The minimum absolute atomic E-state index is 0.555. The first-order chi connectivity index (χ1) is 14.3. The highest BCUT2D eigenvalue weighted by atomic mass is 32.1. The zero-order valence-corrected chi connectivity index (χ0v) is 16.6. The molecule has 3 heterocycles. The Morgan fingerprint density at radius 2 is 1.83 bits per heavy atom. The third kappa shape index (κ3) is 3.40. The molecule has 2 fully saturated rings. The first-order valence-electron chi connectivity index (χ1n) is 9.95. The zero-order valence-electron chi connectivity index (χ0n) is 15.8. The number of nitrogens with zero attached hydrogens (tertiary/aromatic N) is 6. The number of hydrogen-bond donors (Lipinski definition) is 1. The summed E-state index contributed by atoms with van der Waals surface area (Å²) in [6.45, 7) is 0. The fourth-order valence-electron chi connectivity index (χ4n) is 3.44. The SMILES string of the molecule is c1cc(N[n+]2ccc(-c3nnc(C4CC4)s3)cc2)cc(-c2nncn2C2CC2)c1. The average molecular weight is 403 g/mol. The predicted molar refractivity (Wildman–Crippen MR) is 110 cm³/mol. The normalized spacial score (nSPS) is 16.1. The smallest absolute Gasteiger partial charge is 0.200 e. The van der Waals surface area contributed by atoms with Crippen molar-refractivity contribution in [1.29, 1.82) is 0 Å². The van der Waals surface area contributed by atoms with Gasteiger partial charge >= 0.3 is 0 Å². The molecule has 1 N–H and O–H groups in total. The molecule has 2 aliphatic rings. The summed E-state index contributed by atoms with van der Waals surface area (Å²) in [5.41, 5.74) is 6.57. The topological polar surface area (TPSA) is 72.4 Å². The lowest BCUT2D eigenvalue weighted by Gasteiger charge is -2.06. The molecule has 144 valence electrons. The first kappa shape index (κ1) is 16.8. The van der Waals surface area contributed by atoms with Gasteiger partial charge in [0.25, 0.3) is 0 Å². The van der Waals surface area contributed by atoms with Crippen molar-refractivity contribution in [3.8, 4) is 22.0 Å². The lowest BCUT2D eigenvalue weighted by Crippen LogP contribution is -2.41. The molecule has 0 spiro atoms. The van der Waals surface area contributed by atoms with Gasteiger partial charge in [0, 0.05) is 35.2 Å². The Labute approximate surface area is 172 Å². The van der Waals surface area contributed by atoms with Gasteiger partial charge < -0.3 is 4.57 Å². The quantitative estimate of drug-likeness (QED) is 0.496. The molecule has 1 aromatic carbocycles. The van der Waals surface area contributed by atoms with Gasteiger partial charge in [0.05, 0.1) is 5.69 Å². The van der Waals surface area contributed by atoms with Crippen LogP contribution in [-0.2, 0) is 0 Å². The van der Waals surface area contributed by atoms with Crippen molar-refractivity contribution >= 4 is 17.0 Å². The van der Waals surface area contributed by atoms with Crippen molar-refractivity contribution in [2.75, 3.05) is 5.43 Å². The molecule has 8 heteroatoms. The second kappa shape index (κ2) is 6.73. The molecule has 0 radical (unpaired) electrons. The highest BCUT2D eigenvalue weighted by molar-refractivity contribution is 7.14. The van der Waals surface area contributed by atoms with E-state index in [9.17, 15) is 0 Å². The van der Waals surface area contributed by atoms with Crippen LogP contribution >= 0.6 is 11.3 Å². The summed E-state index contributed by atoms with van der Waals surface area (Å²) in [5.74, 6) is 1.58. The maximum Gasteiger partial charge on any atom is 0.200 e. The van der Waals surface area contributed by atoms with Gasteiger partial charge in [0.2, 0.25) is 12.4 Å². The molecule has 0 aliphatic heterocycles. The van der Waals surface area contributed by atoms with E-state index >= 15 is 0 Å². The molecule has 4 aromatic rings. The maximum atomic E-state index is 4.35. The summed E-state index contributed by atoms with van der Waals surface area (Å²) in [6, 6.07) is 13.0. The van der Waals surface area contributed by atoms with Crippen molar-refractivity contribution in [3.63, 3.8) is 0 Å². The van der Waals surface area contributed by atoms with Crippen LogP contribution in [0.3, 0.4) is 0 Å². The van der Waals surface area contributed by atoms with Gasteiger partial charge in [-0.3, -0.25) is 0 Å². The van der Waals surface area contributed by atoms with Crippen LogP contribution < -0.4 is 10.1 Å². The van der Waals surface area contributed by atoms with Gasteiger partial charge in [-0.25, -0.2) is 0 Å². The molecule has 29 heavy (non-hydrogen) atoms. The summed E-state index contributed by atoms with van der Waals surface area (Å²) in [5, 5.41) is 19.3. The molecule has 0 atom stereocenters. The highest BCUT2D eigenvalue weighted by Crippen LogP contribution is 2.42. The Morgan fingerprint density at radius 1 is 0.966 bits per heavy atom. The molecule has 6 rings (SSSR count). The third-order valence-electron chi connectivity index (χ3n) is 5.34. The maximum absolute atomic E-state index is 4.35. The molecule has 2 saturated carbocycles. The number of rotatable bonds is 6. The molecule has 0 amide bonds. The van der Waals surface area contributed by atoms with Crippen molar-refractivity contribution in [1.82, 2.24) is 25.0 Å². The summed E-state index contributed by atoms with van der Waals surface area (Å²) >= 11 is 1.71. The number of hydrogen-bond acceptors (Lipinski definition) is 6. The molecule has 7 nitrogen and oxygen atoms in total. The highest BCUT2D eigenvalue weighted by Gasteiger charge is 2.28. The second-order valence-electron chi connectivity index (χ2n) is 7.70. The Morgan fingerprint density at radius 3 is 2.62 bits per heavy atom. The predicted octanol–water partition coefficient (Wildman–Crippen LogP) is 3.84. The van der Waals surface area contributed by atoms with E-state index in [4.69, 9.17) is 0 Å². The lowest BCUT2D eigenvalue weighted by molar-refractivity contribution is -0.642. The summed E-state index contributed by atoms with van der Waals surface area (Å²) in [6.07, 6.45) is 10.8. The molecule has 0 unspecified atom stereocenters. The van der Waals surface area contributed by atoms with Crippen LogP contribution in [0.2, 0.25) is 0 Å². The molecule has 0 saturated heterocycles. The van der Waals surface area contributed by atoms with Crippen LogP contribution in [0.1, 0.15) is 42.7 Å². The molecule has 0 bridgehead atoms. The molecule has 2 aliphatic carbocycles. The van der Waals surface area contributed by atoms with Crippen LogP contribution in [0.15, 0.2) is 55.1 Å². The minimum Gasteiger partial charge on any atom is -0.310 e. The number of pyridine rings is 1. The van der Waals surface area contributed by atoms with E-state index in [2.05, 4.69) is 60.7 Å². The van der Waals surface area contributed by atoms with E-state index in [1.54, 1.807) is 11.3 Å². The van der Waals surface area contributed by atoms with Gasteiger partial charge in [0.15, 0.2) is 5.82 Å². The van der Waals surface area contributed by atoms with Gasteiger partial charge in [-0.15, -0.1) is 20.4 Å². The monoisotopic (exact) mass is 402 g/mol. The number of aromatic nitrogens is 6. The van der Waals surface area contributed by atoms with Gasteiger partial charge in [-0.2, -0.15) is 5.43 Å². The third-order valence-corrected chi connectivity index (χ3v) is 6.47. The molecular formula is C21H20N7S+. The fourth-order valence-corrected chi connectivity index (χ4v) is 4.45. The first-order valence-corrected chi connectivity index (χ1v) is 10.8. The average Bonchev–Trinajstić information content (AvgIpc) is 3.69. The van der Waals surface area contributed by atoms with Crippen LogP contribution in [0.4, 0.5) is 5.69 Å². The van der Waals surface area contributed by atoms with Crippen LogP contribution in [0, 0.1) is 0 Å². The van der Waals surface area contributed by atoms with E-state index in [1.165, 1.54) is 30.7 Å². The summed E-state index contributed by atoms with van der Waals surface area (Å²) in [4.78, 5) is 0. The summed E-state index contributed by atoms with van der Waals surface area (Å²) in [7, 11) is 0. The minimum atomic E-state index is 0.555.